The summed E-state index contributed by atoms with van der Waals surface area (Å²) < 4.78 is 9.91. The molecule has 4 heteroatoms. The molecule has 0 fully saturated rings. The Morgan fingerprint density at radius 3 is 2.67 bits per heavy atom. The molecule has 3 nitrogen and oxygen atoms in total. The first-order valence-corrected chi connectivity index (χ1v) is 4.47. The predicted molar refractivity (Wildman–Crippen MR) is 49.6 cm³/mol. The van der Waals surface area contributed by atoms with Gasteiger partial charge in [0.05, 0.1) is 6.61 Å². The second-order valence-corrected chi connectivity index (χ2v) is 3.27. The first-order valence-electron chi connectivity index (χ1n) is 3.67. The Kier molecular flexibility index (Phi) is 5.01. The molecule has 0 radical (unpaired) electrons. The lowest BCUT2D eigenvalue weighted by molar-refractivity contribution is -0.157. The lowest BCUT2D eigenvalue weighted by atomic mass is 10.1. The standard InChI is InChI=1S/C8H14O3S/c1-5-10-7(9)8(3,4)11-12-6-2/h6H,2,5H2,1,3-4H3. The third kappa shape index (κ3) is 3.78. The Morgan fingerprint density at radius 1 is 1.67 bits per heavy atom. The van der Waals surface area contributed by atoms with Gasteiger partial charge in [-0.05, 0) is 26.2 Å². The minimum absolute atomic E-state index is 0.362. The van der Waals surface area contributed by atoms with Gasteiger partial charge in [0.2, 0.25) is 0 Å². The van der Waals surface area contributed by atoms with Gasteiger partial charge in [0.25, 0.3) is 0 Å². The zero-order valence-corrected chi connectivity index (χ0v) is 8.44. The van der Waals surface area contributed by atoms with E-state index in [1.54, 1.807) is 20.8 Å². The largest absolute Gasteiger partial charge is 0.464 e. The van der Waals surface area contributed by atoms with Gasteiger partial charge >= 0.3 is 5.97 Å². The van der Waals surface area contributed by atoms with Crippen molar-refractivity contribution in [2.24, 2.45) is 0 Å². The highest BCUT2D eigenvalue weighted by Crippen LogP contribution is 2.19. The van der Waals surface area contributed by atoms with Gasteiger partial charge in [-0.1, -0.05) is 6.58 Å². The van der Waals surface area contributed by atoms with Crippen molar-refractivity contribution in [2.75, 3.05) is 6.61 Å². The molecule has 0 aromatic carbocycles. The van der Waals surface area contributed by atoms with Crippen LogP contribution in [0.1, 0.15) is 20.8 Å². The fourth-order valence-corrected chi connectivity index (χ4v) is 0.870. The third-order valence-corrected chi connectivity index (χ3v) is 1.74. The van der Waals surface area contributed by atoms with E-state index in [0.29, 0.717) is 6.61 Å². The minimum Gasteiger partial charge on any atom is -0.464 e. The van der Waals surface area contributed by atoms with Gasteiger partial charge < -0.3 is 4.74 Å². The molecule has 0 bridgehead atoms. The van der Waals surface area contributed by atoms with Crippen LogP contribution in [0.5, 0.6) is 0 Å². The quantitative estimate of drug-likeness (QED) is 0.491. The van der Waals surface area contributed by atoms with E-state index in [2.05, 4.69) is 6.58 Å². The van der Waals surface area contributed by atoms with Crippen LogP contribution in [0.25, 0.3) is 0 Å². The first-order chi connectivity index (χ1) is 5.54. The first kappa shape index (κ1) is 11.5. The molecule has 0 saturated heterocycles. The van der Waals surface area contributed by atoms with Gasteiger partial charge in [-0.3, -0.25) is 4.18 Å². The van der Waals surface area contributed by atoms with E-state index in [-0.39, 0.29) is 5.97 Å². The van der Waals surface area contributed by atoms with Crippen molar-refractivity contribution >= 4 is 18.0 Å². The fraction of sp³-hybridized carbons (Fsp3) is 0.625. The second-order valence-electron chi connectivity index (χ2n) is 2.58. The van der Waals surface area contributed by atoms with Gasteiger partial charge in [0, 0.05) is 12.0 Å². The van der Waals surface area contributed by atoms with E-state index in [1.165, 1.54) is 5.41 Å². The van der Waals surface area contributed by atoms with Crippen molar-refractivity contribution in [3.63, 3.8) is 0 Å². The Hall–Kier alpha value is -0.480. The molecule has 0 N–H and O–H groups in total. The third-order valence-electron chi connectivity index (χ3n) is 1.09. The molecular weight excluding hydrogens is 176 g/mol. The lowest BCUT2D eigenvalue weighted by Crippen LogP contribution is -2.34. The highest BCUT2D eigenvalue weighted by molar-refractivity contribution is 7.97. The van der Waals surface area contributed by atoms with Crippen molar-refractivity contribution in [1.29, 1.82) is 0 Å². The van der Waals surface area contributed by atoms with Crippen molar-refractivity contribution in [3.05, 3.63) is 12.0 Å². The maximum atomic E-state index is 11.2. The second kappa shape index (κ2) is 5.22. The van der Waals surface area contributed by atoms with Crippen LogP contribution in [-0.4, -0.2) is 18.2 Å². The number of ether oxygens (including phenoxy) is 1. The average molecular weight is 190 g/mol. The average Bonchev–Trinajstić information content (AvgIpc) is 2.01. The highest BCUT2D eigenvalue weighted by Gasteiger charge is 2.30. The number of rotatable bonds is 5. The molecule has 0 saturated carbocycles. The van der Waals surface area contributed by atoms with Crippen LogP contribution >= 0.6 is 12.0 Å². The molecule has 0 amide bonds. The Labute approximate surface area is 77.3 Å². The molecular formula is C8H14O3S. The molecule has 0 rings (SSSR count). The topological polar surface area (TPSA) is 35.5 Å². The summed E-state index contributed by atoms with van der Waals surface area (Å²) in [7, 11) is 0. The van der Waals surface area contributed by atoms with Gasteiger partial charge in [-0.15, -0.1) is 0 Å². The molecule has 0 aliphatic carbocycles. The zero-order valence-electron chi connectivity index (χ0n) is 7.62. The molecule has 0 unspecified atom stereocenters. The maximum Gasteiger partial charge on any atom is 0.339 e. The van der Waals surface area contributed by atoms with Crippen LogP contribution < -0.4 is 0 Å². The summed E-state index contributed by atoms with van der Waals surface area (Å²) in [5, 5.41) is 1.51. The van der Waals surface area contributed by atoms with Gasteiger partial charge in [-0.25, -0.2) is 4.79 Å². The molecule has 0 atom stereocenters. The van der Waals surface area contributed by atoms with E-state index < -0.39 is 5.60 Å². The fourth-order valence-electron chi connectivity index (χ4n) is 0.493. The smallest absolute Gasteiger partial charge is 0.339 e. The van der Waals surface area contributed by atoms with Crippen LogP contribution in [0, 0.1) is 0 Å². The van der Waals surface area contributed by atoms with Crippen molar-refractivity contribution < 1.29 is 13.7 Å². The number of hydrogen-bond acceptors (Lipinski definition) is 4. The van der Waals surface area contributed by atoms with Crippen LogP contribution in [0.15, 0.2) is 12.0 Å². The van der Waals surface area contributed by atoms with Crippen molar-refractivity contribution in [3.8, 4) is 0 Å². The summed E-state index contributed by atoms with van der Waals surface area (Å²) in [6, 6.07) is 0. The summed E-state index contributed by atoms with van der Waals surface area (Å²) in [4.78, 5) is 11.2. The number of carbonyl (C=O) groups excluding carboxylic acids is 1. The normalized spacial score (nSPS) is 10.9. The summed E-state index contributed by atoms with van der Waals surface area (Å²) in [5.41, 5.74) is -0.908. The van der Waals surface area contributed by atoms with Crippen LogP contribution in [0.2, 0.25) is 0 Å². The predicted octanol–water partition coefficient (Wildman–Crippen LogP) is 2.14. The molecule has 0 spiro atoms. The number of esters is 1. The van der Waals surface area contributed by atoms with Crippen molar-refractivity contribution in [2.45, 2.75) is 26.4 Å². The molecule has 0 heterocycles. The summed E-state index contributed by atoms with van der Waals surface area (Å²) in [6.07, 6.45) is 0. The molecule has 12 heavy (non-hydrogen) atoms. The highest BCUT2D eigenvalue weighted by atomic mass is 32.2. The monoisotopic (exact) mass is 190 g/mol. The Morgan fingerprint density at radius 2 is 2.25 bits per heavy atom. The number of hydrogen-bond donors (Lipinski definition) is 0. The van der Waals surface area contributed by atoms with Crippen LogP contribution in [0.3, 0.4) is 0 Å². The zero-order chi connectivity index (χ0) is 9.61. The summed E-state index contributed by atoms with van der Waals surface area (Å²) >= 11 is 1.03. The molecule has 0 aromatic rings. The summed E-state index contributed by atoms with van der Waals surface area (Å²) in [6.45, 7) is 8.89. The molecule has 70 valence electrons. The van der Waals surface area contributed by atoms with Gasteiger partial charge in [0.15, 0.2) is 5.60 Å². The van der Waals surface area contributed by atoms with E-state index in [1.807, 2.05) is 0 Å². The van der Waals surface area contributed by atoms with Crippen molar-refractivity contribution in [1.82, 2.24) is 0 Å². The Balaban J connectivity index is 3.98. The van der Waals surface area contributed by atoms with Gasteiger partial charge in [-0.2, -0.15) is 0 Å². The molecule has 0 aliphatic heterocycles. The van der Waals surface area contributed by atoms with E-state index in [4.69, 9.17) is 8.92 Å². The van der Waals surface area contributed by atoms with E-state index >= 15 is 0 Å². The molecule has 0 aliphatic rings. The summed E-state index contributed by atoms with van der Waals surface area (Å²) in [5.74, 6) is -0.362. The lowest BCUT2D eigenvalue weighted by Gasteiger charge is -2.20. The van der Waals surface area contributed by atoms with Crippen LogP contribution in [0.4, 0.5) is 0 Å². The minimum atomic E-state index is -0.908. The van der Waals surface area contributed by atoms with E-state index in [0.717, 1.165) is 12.0 Å². The van der Waals surface area contributed by atoms with Gasteiger partial charge in [0.1, 0.15) is 0 Å². The maximum absolute atomic E-state index is 11.2. The van der Waals surface area contributed by atoms with Crippen LogP contribution in [-0.2, 0) is 13.7 Å². The molecule has 0 aromatic heterocycles. The number of carbonyl (C=O) groups is 1. The van der Waals surface area contributed by atoms with E-state index in [9.17, 15) is 4.79 Å². The Bertz CT molecular complexity index is 166. The SMILES string of the molecule is C=CSOC(C)(C)C(=O)OCC.